The minimum absolute atomic E-state index is 0.833. The molecule has 3 heteroatoms. The van der Waals surface area contributed by atoms with E-state index in [1.165, 1.54) is 18.3 Å². The van der Waals surface area contributed by atoms with E-state index in [1.54, 1.807) is 0 Å². The molecule has 0 aliphatic carbocycles. The summed E-state index contributed by atoms with van der Waals surface area (Å²) in [4.78, 5) is 0. The maximum Gasteiger partial charge on any atom is 0.0749 e. The van der Waals surface area contributed by atoms with Gasteiger partial charge < -0.3 is 0 Å². The van der Waals surface area contributed by atoms with Crippen molar-refractivity contribution >= 4 is 15.2 Å². The van der Waals surface area contributed by atoms with Gasteiger partial charge in [0.2, 0.25) is 0 Å². The fraction of sp³-hybridized carbons (Fsp3) is 1.00. The zero-order chi connectivity index (χ0) is 3.83. The fourth-order valence-corrected chi connectivity index (χ4v) is 71.2. The van der Waals surface area contributed by atoms with Gasteiger partial charge in [0, 0.05) is 0 Å². The van der Waals surface area contributed by atoms with Crippen LogP contribution in [0.2, 0.25) is 0 Å². The smallest absolute Gasteiger partial charge is 0.0749 e. The van der Waals surface area contributed by atoms with Crippen molar-refractivity contribution in [1.82, 2.24) is 0 Å². The molecule has 0 aromatic rings. The largest absolute Gasteiger partial charge is 0.299 e. The van der Waals surface area contributed by atoms with E-state index in [2.05, 4.69) is 0 Å². The topological polar surface area (TPSA) is 12.5 Å². The molecule has 9 saturated heterocycles. The van der Waals surface area contributed by atoms with E-state index in [-0.39, 0.29) is 0 Å². The van der Waals surface area contributed by atoms with Crippen molar-refractivity contribution in [2.24, 2.45) is 0 Å². The minimum atomic E-state index is -0.833. The lowest BCUT2D eigenvalue weighted by molar-refractivity contribution is 0.705. The first-order chi connectivity index (χ1) is 3.30. The average molecular weight is 132 g/mol. The molecule has 0 bridgehead atoms. The molecule has 1 nitrogen and oxygen atoms in total. The van der Waals surface area contributed by atoms with Gasteiger partial charge in [-0.15, -0.1) is 15.2 Å². The van der Waals surface area contributed by atoms with E-state index in [0.717, 1.165) is 0 Å². The standard InChI is InChI=1S/C4H4OS2/c5-6-1-2(6)7(1,5,6)3(6)4(6)7/h1-4H. The Balaban J connectivity index is 2.82. The highest BCUT2D eigenvalue weighted by atomic mass is 33.6. The third kappa shape index (κ3) is 0.0130. The van der Waals surface area contributed by atoms with Crippen LogP contribution in [0.25, 0.3) is 0 Å². The molecule has 9 aliphatic rings. The average Bonchev–Trinajstić information content (AvgIpc) is 2.36. The summed E-state index contributed by atoms with van der Waals surface area (Å²) in [6.07, 6.45) is 0. The molecule has 9 heterocycles. The maximum atomic E-state index is 5.91. The van der Waals surface area contributed by atoms with Crippen LogP contribution in [0.5, 0.6) is 0 Å². The Hall–Kier alpha value is 0.660. The molecule has 9 aliphatic heterocycles. The van der Waals surface area contributed by atoms with Crippen LogP contribution in [0, 0.1) is 0 Å². The second-order valence-electron chi connectivity index (χ2n) is 4.85. The third-order valence-corrected chi connectivity index (χ3v) is 43.3. The zero-order valence-corrected chi connectivity index (χ0v) is 5.17. The lowest BCUT2D eigenvalue weighted by Gasteiger charge is -2.38. The van der Waals surface area contributed by atoms with E-state index < -0.39 is 15.2 Å². The Bertz CT molecular complexity index is 351. The van der Waals surface area contributed by atoms with Crippen LogP contribution >= 0.6 is 15.2 Å². The summed E-state index contributed by atoms with van der Waals surface area (Å²) < 4.78 is 11.7. The zero-order valence-electron chi connectivity index (χ0n) is 3.53. The first-order valence-corrected chi connectivity index (χ1v) is 8.82. The van der Waals surface area contributed by atoms with Gasteiger partial charge >= 0.3 is 0 Å². The van der Waals surface area contributed by atoms with E-state index >= 15 is 0 Å². The summed E-state index contributed by atoms with van der Waals surface area (Å²) in [7, 11) is -1.67. The van der Waals surface area contributed by atoms with Gasteiger partial charge in [-0.25, -0.2) is 0 Å². The molecule has 0 radical (unpaired) electrons. The number of rotatable bonds is 0. The van der Waals surface area contributed by atoms with E-state index in [4.69, 9.17) is 3.63 Å². The van der Waals surface area contributed by atoms with Crippen molar-refractivity contribution in [3.05, 3.63) is 0 Å². The second-order valence-corrected chi connectivity index (χ2v) is 22.7. The molecule has 0 aromatic heterocycles. The Morgan fingerprint density at radius 3 is 1.29 bits per heavy atom. The molecule has 0 unspecified atom stereocenters. The highest BCUT2D eigenvalue weighted by molar-refractivity contribution is 10.1. The monoisotopic (exact) mass is 132 g/mol. The van der Waals surface area contributed by atoms with Gasteiger partial charge in [0.25, 0.3) is 0 Å². The molecule has 38 valence electrons. The predicted octanol–water partition coefficient (Wildman–Crippen LogP) is 0.900. The second kappa shape index (κ2) is 0.112. The summed E-state index contributed by atoms with van der Waals surface area (Å²) in [6.45, 7) is 0. The van der Waals surface area contributed by atoms with E-state index in [1.807, 2.05) is 0 Å². The number of hydrogen-bond acceptors (Lipinski definition) is 1. The molecular weight excluding hydrogens is 128 g/mol. The fourth-order valence-electron chi connectivity index (χ4n) is 6.37. The van der Waals surface area contributed by atoms with E-state index in [0.29, 0.717) is 0 Å². The molecule has 0 atom stereocenters. The third-order valence-electron chi connectivity index (χ3n) is 6.31. The predicted molar refractivity (Wildman–Crippen MR) is 31.4 cm³/mol. The first-order valence-electron chi connectivity index (χ1n) is 3.05. The Morgan fingerprint density at radius 1 is 0.857 bits per heavy atom. The van der Waals surface area contributed by atoms with Gasteiger partial charge in [-0.1, -0.05) is 0 Å². The summed E-state index contributed by atoms with van der Waals surface area (Å²) in [5.41, 5.74) is 0. The van der Waals surface area contributed by atoms with Gasteiger partial charge in [-0.05, 0) is 0 Å². The summed E-state index contributed by atoms with van der Waals surface area (Å²) in [5.74, 6) is 0. The van der Waals surface area contributed by atoms with Crippen LogP contribution in [-0.2, 0) is 3.63 Å². The van der Waals surface area contributed by atoms with Crippen LogP contribution in [0.1, 0.15) is 0 Å². The minimum Gasteiger partial charge on any atom is -0.299 e. The molecular formula is C4H4OS2. The van der Waals surface area contributed by atoms with Crippen molar-refractivity contribution in [2.75, 3.05) is 0 Å². The molecule has 9 fully saturated rings. The van der Waals surface area contributed by atoms with Crippen molar-refractivity contribution in [2.45, 2.75) is 18.3 Å². The SMILES string of the molecule is O1S2345C6C2S1632C4C52. The van der Waals surface area contributed by atoms with Crippen LogP contribution in [-0.4, -0.2) is 18.3 Å². The molecule has 7 heavy (non-hydrogen) atoms. The Kier molecular flexibility index (Phi) is 0.0291. The first kappa shape index (κ1) is 1.82. The van der Waals surface area contributed by atoms with Crippen LogP contribution in [0.3, 0.4) is 0 Å². The highest BCUT2D eigenvalue weighted by Gasteiger charge is 4.05. The lowest BCUT2D eigenvalue weighted by atomic mass is 11.0. The van der Waals surface area contributed by atoms with Crippen LogP contribution in [0.4, 0.5) is 0 Å². The Morgan fingerprint density at radius 2 is 1.29 bits per heavy atom. The van der Waals surface area contributed by atoms with E-state index in [9.17, 15) is 0 Å². The molecule has 0 amide bonds. The lowest BCUT2D eigenvalue weighted by Crippen LogP contribution is -2.10. The maximum absolute atomic E-state index is 5.91. The summed E-state index contributed by atoms with van der Waals surface area (Å²) in [5, 5.41) is 0. The van der Waals surface area contributed by atoms with Crippen molar-refractivity contribution < 1.29 is 3.63 Å². The van der Waals surface area contributed by atoms with Gasteiger partial charge in [-0.2, -0.15) is 0 Å². The normalized spacial score (nSPS) is 147. The summed E-state index contributed by atoms with van der Waals surface area (Å²) in [6, 6.07) is 0. The highest BCUT2D eigenvalue weighted by Crippen LogP contribution is 4.35. The van der Waals surface area contributed by atoms with Gasteiger partial charge in [0.15, 0.2) is 0 Å². The van der Waals surface area contributed by atoms with Gasteiger partial charge in [0.05, 0.1) is 18.3 Å². The van der Waals surface area contributed by atoms with Crippen molar-refractivity contribution in [3.63, 3.8) is 0 Å². The van der Waals surface area contributed by atoms with Gasteiger partial charge in [-0.3, -0.25) is 3.63 Å². The molecule has 2 spiro atoms. The van der Waals surface area contributed by atoms with Crippen LogP contribution in [0.15, 0.2) is 0 Å². The molecule has 0 saturated carbocycles. The quantitative estimate of drug-likeness (QED) is 0.352. The van der Waals surface area contributed by atoms with Gasteiger partial charge in [0.1, 0.15) is 0 Å². The molecule has 0 aromatic carbocycles. The Labute approximate surface area is 37.7 Å². The van der Waals surface area contributed by atoms with Crippen molar-refractivity contribution in [1.29, 1.82) is 0 Å². The number of hydrogen-bond donors (Lipinski definition) is 0. The molecule has 9 rings (SSSR count). The summed E-state index contributed by atoms with van der Waals surface area (Å²) >= 11 is 0. The van der Waals surface area contributed by atoms with Crippen LogP contribution < -0.4 is 0 Å². The van der Waals surface area contributed by atoms with Crippen molar-refractivity contribution in [3.8, 4) is 0 Å². The molecule has 0 N–H and O–H groups in total.